The van der Waals surface area contributed by atoms with E-state index in [1.54, 1.807) is 0 Å². The summed E-state index contributed by atoms with van der Waals surface area (Å²) in [6, 6.07) is 0. The molecule has 8 nitrogen and oxygen atoms in total. The predicted octanol–water partition coefficient (Wildman–Crippen LogP) is 4.37. The summed E-state index contributed by atoms with van der Waals surface area (Å²) < 4.78 is 23.7. The minimum absolute atomic E-state index is 0.0357. The van der Waals surface area contributed by atoms with Crippen molar-refractivity contribution in [2.45, 2.75) is 111 Å². The summed E-state index contributed by atoms with van der Waals surface area (Å²) in [5.74, 6) is -1.60. The summed E-state index contributed by atoms with van der Waals surface area (Å²) in [5.41, 5.74) is -1.75. The second-order valence-corrected chi connectivity index (χ2v) is 12.8. The van der Waals surface area contributed by atoms with Crippen LogP contribution in [0.1, 0.15) is 93.4 Å². The lowest BCUT2D eigenvalue weighted by Crippen LogP contribution is -2.65. The Morgan fingerprint density at radius 2 is 1.50 bits per heavy atom. The fraction of sp³-hybridized carbons (Fsp3) is 0.857. The van der Waals surface area contributed by atoms with E-state index in [2.05, 4.69) is 20.8 Å². The molecule has 0 unspecified atom stereocenters. The van der Waals surface area contributed by atoms with Gasteiger partial charge in [0.15, 0.2) is 0 Å². The first-order chi connectivity index (χ1) is 16.6. The SMILES string of the molecule is CC(=O)OC[C@@]1(OC(C)=O)C[C@]23C[C@H]1C[C@H](OC(C)=O)[C@H]2[C@]1(C)CCCC(C)(C)[C@H]1C[C@@H]3OC(C)=O. The van der Waals surface area contributed by atoms with Crippen LogP contribution < -0.4 is 0 Å². The third-order valence-electron chi connectivity index (χ3n) is 10.1. The maximum Gasteiger partial charge on any atom is 0.303 e. The maximum atomic E-state index is 12.4. The van der Waals surface area contributed by atoms with Crippen LogP contribution in [0.25, 0.3) is 0 Å². The Balaban J connectivity index is 1.89. The molecular weight excluding hydrogens is 464 g/mol. The fourth-order valence-electron chi connectivity index (χ4n) is 9.37. The molecule has 1 spiro atoms. The van der Waals surface area contributed by atoms with Gasteiger partial charge in [0, 0.05) is 51.4 Å². The maximum absolute atomic E-state index is 12.4. The quantitative estimate of drug-likeness (QED) is 0.400. The van der Waals surface area contributed by atoms with Gasteiger partial charge in [0.05, 0.1) is 0 Å². The standard InChI is InChI=1S/C28H42O8/c1-16(29)33-15-28(36-19(4)32)14-27-13-20(28)11-21(34-17(2)30)24(27)26(7)10-8-9-25(5,6)22(26)12-23(27)35-18(3)31/h20-24H,8-15H2,1-7H3/t20-,21+,22-,23+,24+,26-,27+,28+/m1/s1. The Hall–Kier alpha value is -2.12. The van der Waals surface area contributed by atoms with Crippen molar-refractivity contribution in [3.05, 3.63) is 0 Å². The van der Waals surface area contributed by atoms with E-state index in [1.165, 1.54) is 27.7 Å². The van der Waals surface area contributed by atoms with Gasteiger partial charge in [0.25, 0.3) is 0 Å². The minimum Gasteiger partial charge on any atom is -0.462 e. The number of hydrogen-bond donors (Lipinski definition) is 0. The Kier molecular flexibility index (Phi) is 6.74. The molecule has 0 aromatic heterocycles. The number of fused-ring (bicyclic) bond motifs is 3. The molecule has 36 heavy (non-hydrogen) atoms. The summed E-state index contributed by atoms with van der Waals surface area (Å²) in [7, 11) is 0. The summed E-state index contributed by atoms with van der Waals surface area (Å²) in [6.07, 6.45) is 4.62. The molecule has 0 heterocycles. The summed E-state index contributed by atoms with van der Waals surface area (Å²) >= 11 is 0. The monoisotopic (exact) mass is 506 g/mol. The normalized spacial score (nSPS) is 42.4. The zero-order valence-corrected chi connectivity index (χ0v) is 22.8. The van der Waals surface area contributed by atoms with Crippen LogP contribution in [0.4, 0.5) is 0 Å². The van der Waals surface area contributed by atoms with Crippen molar-refractivity contribution in [1.29, 1.82) is 0 Å². The highest BCUT2D eigenvalue weighted by Crippen LogP contribution is 2.74. The molecule has 0 aromatic carbocycles. The van der Waals surface area contributed by atoms with Crippen molar-refractivity contribution >= 4 is 23.9 Å². The molecule has 4 saturated carbocycles. The molecule has 202 valence electrons. The molecule has 2 bridgehead atoms. The zero-order valence-electron chi connectivity index (χ0n) is 22.8. The zero-order chi connectivity index (χ0) is 26.7. The van der Waals surface area contributed by atoms with E-state index in [9.17, 15) is 19.2 Å². The summed E-state index contributed by atoms with van der Waals surface area (Å²) in [4.78, 5) is 49.0. The van der Waals surface area contributed by atoms with Crippen LogP contribution in [0.15, 0.2) is 0 Å². The van der Waals surface area contributed by atoms with Gasteiger partial charge in [0.1, 0.15) is 24.4 Å². The number of rotatable bonds is 5. The second-order valence-electron chi connectivity index (χ2n) is 12.8. The average Bonchev–Trinajstić information content (AvgIpc) is 2.95. The van der Waals surface area contributed by atoms with Crippen LogP contribution in [-0.2, 0) is 38.1 Å². The van der Waals surface area contributed by atoms with Crippen LogP contribution in [0.3, 0.4) is 0 Å². The van der Waals surface area contributed by atoms with E-state index in [4.69, 9.17) is 18.9 Å². The second kappa shape index (κ2) is 9.02. The third-order valence-corrected chi connectivity index (χ3v) is 10.1. The van der Waals surface area contributed by atoms with Crippen LogP contribution in [0.5, 0.6) is 0 Å². The van der Waals surface area contributed by atoms with Crippen LogP contribution in [-0.4, -0.2) is 48.3 Å². The molecule has 4 fully saturated rings. The van der Waals surface area contributed by atoms with E-state index < -0.39 is 35.2 Å². The van der Waals surface area contributed by atoms with E-state index in [-0.39, 0.29) is 47.1 Å². The lowest BCUT2D eigenvalue weighted by atomic mass is 9.40. The number of hydrogen-bond acceptors (Lipinski definition) is 8. The van der Waals surface area contributed by atoms with Crippen molar-refractivity contribution in [2.75, 3.05) is 6.61 Å². The van der Waals surface area contributed by atoms with Gasteiger partial charge in [-0.1, -0.05) is 27.2 Å². The predicted molar refractivity (Wildman–Crippen MR) is 129 cm³/mol. The van der Waals surface area contributed by atoms with Gasteiger partial charge in [-0.15, -0.1) is 0 Å². The molecule has 0 aliphatic heterocycles. The van der Waals surface area contributed by atoms with Crippen molar-refractivity contribution in [2.24, 2.45) is 34.0 Å². The minimum atomic E-state index is -1.06. The number of ether oxygens (including phenoxy) is 4. The largest absolute Gasteiger partial charge is 0.462 e. The molecule has 8 atom stereocenters. The summed E-state index contributed by atoms with van der Waals surface area (Å²) in [5, 5.41) is 0. The van der Waals surface area contributed by atoms with Gasteiger partial charge in [0.2, 0.25) is 0 Å². The summed E-state index contributed by atoms with van der Waals surface area (Å²) in [6.45, 7) is 12.4. The van der Waals surface area contributed by atoms with Crippen molar-refractivity contribution in [1.82, 2.24) is 0 Å². The van der Waals surface area contributed by atoms with Crippen LogP contribution in [0, 0.1) is 34.0 Å². The highest BCUT2D eigenvalue weighted by molar-refractivity contribution is 5.68. The van der Waals surface area contributed by atoms with Crippen molar-refractivity contribution in [3.63, 3.8) is 0 Å². The first-order valence-electron chi connectivity index (χ1n) is 13.3. The molecule has 8 heteroatoms. The lowest BCUT2D eigenvalue weighted by Gasteiger charge is -2.66. The highest BCUT2D eigenvalue weighted by atomic mass is 16.6. The fourth-order valence-corrected chi connectivity index (χ4v) is 9.37. The molecule has 0 radical (unpaired) electrons. The Bertz CT molecular complexity index is 942. The van der Waals surface area contributed by atoms with Gasteiger partial charge in [-0.3, -0.25) is 19.2 Å². The smallest absolute Gasteiger partial charge is 0.303 e. The Morgan fingerprint density at radius 1 is 0.833 bits per heavy atom. The van der Waals surface area contributed by atoms with Gasteiger partial charge in [-0.25, -0.2) is 0 Å². The first kappa shape index (κ1) is 26.9. The molecule has 0 aromatic rings. The molecule has 4 rings (SSSR count). The van der Waals surface area contributed by atoms with Gasteiger partial charge >= 0.3 is 23.9 Å². The van der Waals surface area contributed by atoms with E-state index in [0.717, 1.165) is 19.3 Å². The average molecular weight is 507 g/mol. The third kappa shape index (κ3) is 4.32. The molecule has 0 amide bonds. The van der Waals surface area contributed by atoms with Gasteiger partial charge < -0.3 is 18.9 Å². The van der Waals surface area contributed by atoms with Gasteiger partial charge in [-0.2, -0.15) is 0 Å². The molecule has 0 saturated heterocycles. The lowest BCUT2D eigenvalue weighted by molar-refractivity contribution is -0.240. The number of esters is 4. The highest BCUT2D eigenvalue weighted by Gasteiger charge is 2.75. The Morgan fingerprint density at radius 3 is 2.08 bits per heavy atom. The number of carbonyl (C=O) groups is 4. The van der Waals surface area contributed by atoms with Gasteiger partial charge in [-0.05, 0) is 48.9 Å². The van der Waals surface area contributed by atoms with Crippen molar-refractivity contribution in [3.8, 4) is 0 Å². The Labute approximate surface area is 214 Å². The van der Waals surface area contributed by atoms with Crippen LogP contribution >= 0.6 is 0 Å². The van der Waals surface area contributed by atoms with E-state index >= 15 is 0 Å². The van der Waals surface area contributed by atoms with E-state index in [0.29, 0.717) is 25.7 Å². The number of carbonyl (C=O) groups excluding carboxylic acids is 4. The molecular formula is C28H42O8. The molecule has 4 aliphatic carbocycles. The van der Waals surface area contributed by atoms with Crippen LogP contribution in [0.2, 0.25) is 0 Å². The molecule has 4 aliphatic rings. The van der Waals surface area contributed by atoms with Crippen molar-refractivity contribution < 1.29 is 38.1 Å². The van der Waals surface area contributed by atoms with E-state index in [1.807, 2.05) is 0 Å². The molecule has 0 N–H and O–H groups in total. The topological polar surface area (TPSA) is 105 Å². The first-order valence-corrected chi connectivity index (χ1v) is 13.3.